The van der Waals surface area contributed by atoms with Gasteiger partial charge in [0.1, 0.15) is 11.6 Å². The molecular formula is C14H17N5O. The van der Waals surface area contributed by atoms with E-state index in [0.717, 1.165) is 11.3 Å². The normalized spacial score (nSPS) is 10.2. The summed E-state index contributed by atoms with van der Waals surface area (Å²) in [5.41, 5.74) is 5.53. The van der Waals surface area contributed by atoms with Crippen LogP contribution in [0, 0.1) is 20.8 Å². The summed E-state index contributed by atoms with van der Waals surface area (Å²) in [7, 11) is 0. The van der Waals surface area contributed by atoms with Gasteiger partial charge in [-0.1, -0.05) is 0 Å². The number of carbonyl (C=O) groups excluding carboxylic acids is 1. The van der Waals surface area contributed by atoms with Crippen molar-refractivity contribution in [2.24, 2.45) is 5.84 Å². The molecule has 2 rings (SSSR count). The van der Waals surface area contributed by atoms with E-state index >= 15 is 0 Å². The summed E-state index contributed by atoms with van der Waals surface area (Å²) in [6.45, 7) is 5.64. The molecular weight excluding hydrogens is 254 g/mol. The molecule has 6 nitrogen and oxygen atoms in total. The van der Waals surface area contributed by atoms with E-state index in [0.29, 0.717) is 22.9 Å². The molecule has 0 aliphatic rings. The Labute approximate surface area is 117 Å². The van der Waals surface area contributed by atoms with Crippen LogP contribution in [0.5, 0.6) is 0 Å². The van der Waals surface area contributed by atoms with Crippen molar-refractivity contribution >= 4 is 17.5 Å². The van der Waals surface area contributed by atoms with Crippen molar-refractivity contribution in [3.63, 3.8) is 0 Å². The van der Waals surface area contributed by atoms with Crippen LogP contribution in [0.4, 0.5) is 11.6 Å². The molecule has 0 fully saturated rings. The quantitative estimate of drug-likeness (QED) is 0.586. The summed E-state index contributed by atoms with van der Waals surface area (Å²) in [5.74, 6) is 6.06. The molecule has 0 atom stereocenters. The van der Waals surface area contributed by atoms with Crippen molar-refractivity contribution in [2.75, 3.05) is 10.7 Å². The molecule has 0 aromatic carbocycles. The van der Waals surface area contributed by atoms with Gasteiger partial charge in [-0.2, -0.15) is 0 Å². The highest BCUT2D eigenvalue weighted by Crippen LogP contribution is 2.13. The smallest absolute Gasteiger partial charge is 0.257 e. The number of hydrogen-bond acceptors (Lipinski definition) is 5. The number of nitrogens with zero attached hydrogens (tertiary/aromatic N) is 2. The average molecular weight is 271 g/mol. The number of nitrogens with two attached hydrogens (primary N) is 1. The summed E-state index contributed by atoms with van der Waals surface area (Å²) in [6, 6.07) is 7.05. The second kappa shape index (κ2) is 5.66. The van der Waals surface area contributed by atoms with E-state index in [2.05, 4.69) is 20.7 Å². The van der Waals surface area contributed by atoms with Crippen LogP contribution >= 0.6 is 0 Å². The standard InChI is InChI=1S/C14H17N5O/c1-8-4-9(2)16-12(5-8)18-14(20)11-6-10(3)17-13(7-11)19-15/h4-7H,15H2,1-3H3,(H,17,19)(H,16,18,20). The SMILES string of the molecule is Cc1cc(C)nc(NC(=O)c2cc(C)nc(NN)c2)c1. The summed E-state index contributed by atoms with van der Waals surface area (Å²) in [5, 5.41) is 2.77. The predicted molar refractivity (Wildman–Crippen MR) is 78.4 cm³/mol. The highest BCUT2D eigenvalue weighted by molar-refractivity contribution is 6.04. The largest absolute Gasteiger partial charge is 0.308 e. The van der Waals surface area contributed by atoms with Gasteiger partial charge in [-0.05, 0) is 50.6 Å². The highest BCUT2D eigenvalue weighted by atomic mass is 16.1. The van der Waals surface area contributed by atoms with Gasteiger partial charge in [0.2, 0.25) is 0 Å². The molecule has 104 valence electrons. The zero-order valence-electron chi connectivity index (χ0n) is 11.7. The molecule has 6 heteroatoms. The minimum Gasteiger partial charge on any atom is -0.308 e. The van der Waals surface area contributed by atoms with E-state index in [-0.39, 0.29) is 5.91 Å². The number of nitrogens with one attached hydrogen (secondary N) is 2. The lowest BCUT2D eigenvalue weighted by atomic mass is 10.2. The molecule has 0 saturated carbocycles. The van der Waals surface area contributed by atoms with Crippen LogP contribution in [0.15, 0.2) is 24.3 Å². The molecule has 20 heavy (non-hydrogen) atoms. The predicted octanol–water partition coefficient (Wildman–Crippen LogP) is 1.94. The van der Waals surface area contributed by atoms with Gasteiger partial charge in [0.15, 0.2) is 0 Å². The van der Waals surface area contributed by atoms with E-state index in [1.807, 2.05) is 26.0 Å². The molecule has 4 N–H and O–H groups in total. The number of anilines is 2. The van der Waals surface area contributed by atoms with Crippen LogP contribution in [0.25, 0.3) is 0 Å². The first-order chi connectivity index (χ1) is 9.47. The molecule has 0 spiro atoms. The highest BCUT2D eigenvalue weighted by Gasteiger charge is 2.10. The molecule has 0 bridgehead atoms. The van der Waals surface area contributed by atoms with Gasteiger partial charge in [-0.25, -0.2) is 15.8 Å². The number of pyridine rings is 2. The first-order valence-electron chi connectivity index (χ1n) is 6.20. The molecule has 0 aliphatic heterocycles. The van der Waals surface area contributed by atoms with E-state index in [1.54, 1.807) is 19.1 Å². The fourth-order valence-corrected chi connectivity index (χ4v) is 1.97. The van der Waals surface area contributed by atoms with Crippen LogP contribution in [-0.4, -0.2) is 15.9 Å². The maximum absolute atomic E-state index is 12.2. The topological polar surface area (TPSA) is 92.9 Å². The van der Waals surface area contributed by atoms with E-state index in [1.165, 1.54) is 0 Å². The maximum Gasteiger partial charge on any atom is 0.257 e. The number of amides is 1. The fraction of sp³-hybridized carbons (Fsp3) is 0.214. The lowest BCUT2D eigenvalue weighted by Gasteiger charge is -2.08. The molecule has 2 heterocycles. The number of hydrazine groups is 1. The lowest BCUT2D eigenvalue weighted by molar-refractivity contribution is 0.102. The Morgan fingerprint density at radius 2 is 1.65 bits per heavy atom. The summed E-state index contributed by atoms with van der Waals surface area (Å²) < 4.78 is 0. The van der Waals surface area contributed by atoms with Crippen molar-refractivity contribution in [1.29, 1.82) is 0 Å². The number of hydrogen-bond donors (Lipinski definition) is 3. The van der Waals surface area contributed by atoms with Crippen LogP contribution < -0.4 is 16.6 Å². The lowest BCUT2D eigenvalue weighted by Crippen LogP contribution is -2.16. The molecule has 2 aromatic heterocycles. The van der Waals surface area contributed by atoms with Crippen molar-refractivity contribution in [1.82, 2.24) is 9.97 Å². The second-order valence-electron chi connectivity index (χ2n) is 4.65. The molecule has 0 aliphatic carbocycles. The number of nitrogen functional groups attached to an aromatic ring is 1. The first-order valence-corrected chi connectivity index (χ1v) is 6.20. The van der Waals surface area contributed by atoms with Gasteiger partial charge in [0.25, 0.3) is 5.91 Å². The van der Waals surface area contributed by atoms with Gasteiger partial charge < -0.3 is 10.7 Å². The fourth-order valence-electron chi connectivity index (χ4n) is 1.97. The number of aromatic nitrogens is 2. The Morgan fingerprint density at radius 3 is 2.30 bits per heavy atom. The average Bonchev–Trinajstić information content (AvgIpc) is 2.36. The Balaban J connectivity index is 2.25. The van der Waals surface area contributed by atoms with Crippen molar-refractivity contribution < 1.29 is 4.79 Å². The third-order valence-corrected chi connectivity index (χ3v) is 2.70. The van der Waals surface area contributed by atoms with E-state index in [9.17, 15) is 4.79 Å². The molecule has 0 unspecified atom stereocenters. The summed E-state index contributed by atoms with van der Waals surface area (Å²) in [6.07, 6.45) is 0. The summed E-state index contributed by atoms with van der Waals surface area (Å²) >= 11 is 0. The Kier molecular flexibility index (Phi) is 3.95. The second-order valence-corrected chi connectivity index (χ2v) is 4.65. The maximum atomic E-state index is 12.2. The minimum absolute atomic E-state index is 0.246. The van der Waals surface area contributed by atoms with Crippen LogP contribution in [-0.2, 0) is 0 Å². The zero-order chi connectivity index (χ0) is 14.7. The van der Waals surface area contributed by atoms with Gasteiger partial charge in [0.05, 0.1) is 0 Å². The van der Waals surface area contributed by atoms with Crippen molar-refractivity contribution in [3.05, 3.63) is 46.8 Å². The third kappa shape index (κ3) is 3.30. The third-order valence-electron chi connectivity index (χ3n) is 2.70. The van der Waals surface area contributed by atoms with Gasteiger partial charge >= 0.3 is 0 Å². The first kappa shape index (κ1) is 14.0. The number of aryl methyl sites for hydroxylation is 3. The number of rotatable bonds is 3. The van der Waals surface area contributed by atoms with Crippen LogP contribution in [0.2, 0.25) is 0 Å². The minimum atomic E-state index is -0.246. The zero-order valence-corrected chi connectivity index (χ0v) is 11.7. The molecule has 0 radical (unpaired) electrons. The van der Waals surface area contributed by atoms with Gasteiger partial charge in [0, 0.05) is 17.0 Å². The Bertz CT molecular complexity index is 634. The summed E-state index contributed by atoms with van der Waals surface area (Å²) in [4.78, 5) is 20.6. The van der Waals surface area contributed by atoms with Crippen molar-refractivity contribution in [3.8, 4) is 0 Å². The molecule has 1 amide bonds. The molecule has 2 aromatic rings. The monoisotopic (exact) mass is 271 g/mol. The Morgan fingerprint density at radius 1 is 1.00 bits per heavy atom. The van der Waals surface area contributed by atoms with Crippen molar-refractivity contribution in [2.45, 2.75) is 20.8 Å². The number of carbonyl (C=O) groups is 1. The Hall–Kier alpha value is -2.47. The van der Waals surface area contributed by atoms with Gasteiger partial charge in [-0.15, -0.1) is 0 Å². The van der Waals surface area contributed by atoms with Crippen LogP contribution in [0.1, 0.15) is 27.3 Å². The van der Waals surface area contributed by atoms with E-state index in [4.69, 9.17) is 5.84 Å². The van der Waals surface area contributed by atoms with E-state index < -0.39 is 0 Å². The van der Waals surface area contributed by atoms with Gasteiger partial charge in [-0.3, -0.25) is 4.79 Å². The molecule has 0 saturated heterocycles. The van der Waals surface area contributed by atoms with Crippen LogP contribution in [0.3, 0.4) is 0 Å².